The first-order valence-corrected chi connectivity index (χ1v) is 10.2. The van der Waals surface area contributed by atoms with Crippen molar-refractivity contribution in [2.24, 2.45) is 10.7 Å². The van der Waals surface area contributed by atoms with Gasteiger partial charge in [-0.05, 0) is 38.2 Å². The fourth-order valence-electron chi connectivity index (χ4n) is 3.03. The second kappa shape index (κ2) is 7.91. The number of aliphatic imine (C=N–C) groups is 1. The highest BCUT2D eigenvalue weighted by molar-refractivity contribution is 7.94. The van der Waals surface area contributed by atoms with Crippen molar-refractivity contribution in [1.82, 2.24) is 14.7 Å². The third-order valence-electron chi connectivity index (χ3n) is 4.29. The molecule has 1 aliphatic heterocycles. The van der Waals surface area contributed by atoms with Crippen molar-refractivity contribution in [3.05, 3.63) is 28.1 Å². The van der Waals surface area contributed by atoms with Crippen LogP contribution in [0.2, 0.25) is 0 Å². The van der Waals surface area contributed by atoms with Gasteiger partial charge in [-0.1, -0.05) is 0 Å². The summed E-state index contributed by atoms with van der Waals surface area (Å²) in [5.41, 5.74) is 8.18. The molecule has 27 heavy (non-hydrogen) atoms. The summed E-state index contributed by atoms with van der Waals surface area (Å²) in [6.07, 6.45) is 5.36. The molecule has 2 aliphatic rings. The van der Waals surface area contributed by atoms with Crippen molar-refractivity contribution in [3.8, 4) is 0 Å². The lowest BCUT2D eigenvalue weighted by atomic mass is 9.95. The van der Waals surface area contributed by atoms with Gasteiger partial charge < -0.3 is 10.5 Å². The molecule has 1 aliphatic carbocycles. The second-order valence-corrected chi connectivity index (χ2v) is 7.90. The Kier molecular flexibility index (Phi) is 5.59. The molecule has 0 bridgehead atoms. The van der Waals surface area contributed by atoms with E-state index in [9.17, 15) is 13.2 Å². The van der Waals surface area contributed by atoms with Gasteiger partial charge in [-0.15, -0.1) is 0 Å². The van der Waals surface area contributed by atoms with Crippen LogP contribution < -0.4 is 15.8 Å². The van der Waals surface area contributed by atoms with Crippen LogP contribution in [0.3, 0.4) is 0 Å². The number of urea groups is 1. The summed E-state index contributed by atoms with van der Waals surface area (Å²) in [6.45, 7) is 2.61. The normalized spacial score (nSPS) is 17.4. The number of rotatable bonds is 4. The van der Waals surface area contributed by atoms with Crippen molar-refractivity contribution < 1.29 is 17.9 Å². The van der Waals surface area contributed by atoms with Crippen LogP contribution in [0.4, 0.5) is 10.7 Å². The zero-order chi connectivity index (χ0) is 19.4. The minimum atomic E-state index is -4.26. The molecule has 0 saturated carbocycles. The van der Waals surface area contributed by atoms with E-state index in [0.29, 0.717) is 19.6 Å². The summed E-state index contributed by atoms with van der Waals surface area (Å²) in [5, 5.41) is 2.37. The summed E-state index contributed by atoms with van der Waals surface area (Å²) >= 11 is 0. The Hall–Kier alpha value is -2.69. The first kappa shape index (κ1) is 19.1. The minimum Gasteiger partial charge on any atom is -0.477 e. The number of amides is 2. The predicted molar refractivity (Wildman–Crippen MR) is 99.6 cm³/mol. The van der Waals surface area contributed by atoms with Crippen molar-refractivity contribution in [3.63, 3.8) is 0 Å². The Bertz CT molecular complexity index is 910. The molecule has 0 fully saturated rings. The average Bonchev–Trinajstić information content (AvgIpc) is 2.62. The zero-order valence-corrected chi connectivity index (χ0v) is 15.8. The number of anilines is 1. The van der Waals surface area contributed by atoms with E-state index in [4.69, 9.17) is 10.5 Å². The third-order valence-corrected chi connectivity index (χ3v) is 5.63. The van der Waals surface area contributed by atoms with Gasteiger partial charge in [0.1, 0.15) is 0 Å². The van der Waals surface area contributed by atoms with Crippen LogP contribution in [0.5, 0.6) is 0 Å². The maximum Gasteiger partial charge on any atom is 0.335 e. The number of fused-ring (bicyclic) bond motifs is 1. The van der Waals surface area contributed by atoms with E-state index in [-0.39, 0.29) is 16.8 Å². The highest BCUT2D eigenvalue weighted by atomic mass is 32.2. The monoisotopic (exact) mass is 394 g/mol. The molecule has 1 aromatic heterocycles. The first-order valence-electron chi connectivity index (χ1n) is 8.70. The Morgan fingerprint density at radius 1 is 1.22 bits per heavy atom. The number of carbonyl (C=O) groups is 1. The van der Waals surface area contributed by atoms with Crippen LogP contribution in [0, 0.1) is 6.92 Å². The summed E-state index contributed by atoms with van der Waals surface area (Å²) in [4.78, 5) is 24.4. The molecule has 1 aromatic rings. The molecule has 0 unspecified atom stereocenters. The number of hydrogen-bond acceptors (Lipinski definition) is 8. The molecule has 11 heteroatoms. The Balaban J connectivity index is 1.73. The molecule has 2 amide bonds. The topological polar surface area (TPSA) is 149 Å². The van der Waals surface area contributed by atoms with Gasteiger partial charge in [-0.3, -0.25) is 10.3 Å². The summed E-state index contributed by atoms with van der Waals surface area (Å²) < 4.78 is 32.0. The van der Waals surface area contributed by atoms with Gasteiger partial charge in [0.25, 0.3) is 10.0 Å². The molecule has 0 atom stereocenters. The molecule has 4 N–H and O–H groups in total. The highest BCUT2D eigenvalue weighted by Crippen LogP contribution is 2.22. The molecule has 0 aromatic carbocycles. The largest absolute Gasteiger partial charge is 0.477 e. The molecule has 3 rings (SSSR count). The van der Waals surface area contributed by atoms with E-state index in [1.807, 2.05) is 11.6 Å². The van der Waals surface area contributed by atoms with Crippen LogP contribution in [0.25, 0.3) is 0 Å². The number of aryl methyl sites for hydroxylation is 2. The maximum absolute atomic E-state index is 12.4. The molecule has 146 valence electrons. The number of nitrogens with one attached hydrogen (secondary N) is 2. The minimum absolute atomic E-state index is 0.0605. The van der Waals surface area contributed by atoms with Gasteiger partial charge in [-0.2, -0.15) is 0 Å². The number of hydrogen-bond donors (Lipinski definition) is 3. The standard InChI is InChI=1S/C16H22N6O4S/c1-10-11-5-2-3-6-12(11)20-15(19-10)21-16(23)22-27(24,25)13(9-17)14-18-7-4-8-26-14/h9H,2-8,17H2,1H3,(H2,19,20,21,22,23)/b13-9+. The van der Waals surface area contributed by atoms with Crippen molar-refractivity contribution in [2.75, 3.05) is 18.5 Å². The Morgan fingerprint density at radius 3 is 2.70 bits per heavy atom. The lowest BCUT2D eigenvalue weighted by Gasteiger charge is -2.18. The molecular weight excluding hydrogens is 372 g/mol. The van der Waals surface area contributed by atoms with Crippen molar-refractivity contribution >= 4 is 27.9 Å². The van der Waals surface area contributed by atoms with E-state index in [0.717, 1.165) is 48.8 Å². The number of sulfonamides is 1. The van der Waals surface area contributed by atoms with Gasteiger partial charge >= 0.3 is 6.03 Å². The lowest BCUT2D eigenvalue weighted by Crippen LogP contribution is -2.38. The van der Waals surface area contributed by atoms with E-state index < -0.39 is 16.1 Å². The fourth-order valence-corrected chi connectivity index (χ4v) is 3.96. The van der Waals surface area contributed by atoms with Gasteiger partial charge in [0.15, 0.2) is 4.91 Å². The van der Waals surface area contributed by atoms with Crippen LogP contribution in [0.15, 0.2) is 16.1 Å². The van der Waals surface area contributed by atoms with Crippen molar-refractivity contribution in [1.29, 1.82) is 0 Å². The smallest absolute Gasteiger partial charge is 0.335 e. The quantitative estimate of drug-likeness (QED) is 0.681. The molecule has 0 radical (unpaired) electrons. The van der Waals surface area contributed by atoms with E-state index in [1.165, 1.54) is 0 Å². The summed E-state index contributed by atoms with van der Waals surface area (Å²) in [6, 6.07) is -0.985. The molecule has 2 heterocycles. The first-order chi connectivity index (χ1) is 12.9. The van der Waals surface area contributed by atoms with E-state index in [1.54, 1.807) is 0 Å². The number of carbonyl (C=O) groups excluding carboxylic acids is 1. The zero-order valence-electron chi connectivity index (χ0n) is 15.0. The van der Waals surface area contributed by atoms with Crippen LogP contribution in [-0.2, 0) is 27.6 Å². The van der Waals surface area contributed by atoms with Crippen LogP contribution in [0.1, 0.15) is 36.2 Å². The lowest BCUT2D eigenvalue weighted by molar-refractivity contribution is 0.256. The maximum atomic E-state index is 12.4. The molecular formula is C16H22N6O4S. The summed E-state index contributed by atoms with van der Waals surface area (Å²) in [5.74, 6) is -0.0460. The Morgan fingerprint density at radius 2 is 2.00 bits per heavy atom. The second-order valence-electron chi connectivity index (χ2n) is 6.24. The third kappa shape index (κ3) is 4.35. The Labute approximate surface area is 157 Å². The van der Waals surface area contributed by atoms with Crippen LogP contribution >= 0.6 is 0 Å². The number of nitrogens with two attached hydrogens (primary N) is 1. The van der Waals surface area contributed by atoms with E-state index >= 15 is 0 Å². The number of ether oxygens (including phenoxy) is 1. The van der Waals surface area contributed by atoms with Crippen LogP contribution in [-0.4, -0.2) is 43.5 Å². The van der Waals surface area contributed by atoms with Crippen molar-refractivity contribution in [2.45, 2.75) is 39.0 Å². The predicted octanol–water partition coefficient (Wildman–Crippen LogP) is 0.734. The van der Waals surface area contributed by atoms with Gasteiger partial charge in [0.05, 0.1) is 6.61 Å². The summed E-state index contributed by atoms with van der Waals surface area (Å²) in [7, 11) is -4.26. The van der Waals surface area contributed by atoms with Gasteiger partial charge in [-0.25, -0.2) is 27.9 Å². The van der Waals surface area contributed by atoms with E-state index in [2.05, 4.69) is 20.3 Å². The molecule has 10 nitrogen and oxygen atoms in total. The highest BCUT2D eigenvalue weighted by Gasteiger charge is 2.28. The SMILES string of the molecule is Cc1nc(NC(=O)NS(=O)(=O)/C(=C/N)C2=NCCCO2)nc2c1CCCC2. The van der Waals surface area contributed by atoms with Gasteiger partial charge in [0.2, 0.25) is 11.8 Å². The molecule has 0 saturated heterocycles. The fraction of sp³-hybridized carbons (Fsp3) is 0.500. The van der Waals surface area contributed by atoms with Gasteiger partial charge in [0, 0.05) is 30.6 Å². The average molecular weight is 394 g/mol. The molecule has 0 spiro atoms. The number of nitrogens with zero attached hydrogens (tertiary/aromatic N) is 3. The number of aromatic nitrogens is 2.